The standard InChI is InChI=1S/C20H22FN3O2/c21-16-9-7-14(8-10-16)12-24-11-3-4-15(13-24)20(26)23-18-6-2-1-5-17(18)19(22)25/h1-2,5-10,15H,3-4,11-13H2,(H2,22,25)(H,23,26)/t15-/m0/s1. The van der Waals surface area contributed by atoms with Crippen molar-refractivity contribution in [2.24, 2.45) is 11.7 Å². The van der Waals surface area contributed by atoms with E-state index in [1.165, 1.54) is 12.1 Å². The molecule has 0 unspecified atom stereocenters. The topological polar surface area (TPSA) is 75.4 Å². The molecule has 136 valence electrons. The zero-order valence-electron chi connectivity index (χ0n) is 14.5. The lowest BCUT2D eigenvalue weighted by Gasteiger charge is -2.32. The first-order chi connectivity index (χ1) is 12.5. The van der Waals surface area contributed by atoms with Crippen LogP contribution < -0.4 is 11.1 Å². The summed E-state index contributed by atoms with van der Waals surface area (Å²) in [7, 11) is 0. The molecular weight excluding hydrogens is 333 g/mol. The van der Waals surface area contributed by atoms with Crippen LogP contribution in [0.15, 0.2) is 48.5 Å². The molecule has 0 saturated carbocycles. The number of amides is 2. The van der Waals surface area contributed by atoms with Crippen LogP contribution in [0, 0.1) is 11.7 Å². The molecule has 2 amide bonds. The number of para-hydroxylation sites is 1. The van der Waals surface area contributed by atoms with E-state index in [1.807, 2.05) is 0 Å². The first-order valence-electron chi connectivity index (χ1n) is 8.69. The summed E-state index contributed by atoms with van der Waals surface area (Å²) in [5.74, 6) is -1.09. The predicted molar refractivity (Wildman–Crippen MR) is 98.0 cm³/mol. The molecule has 0 aromatic heterocycles. The van der Waals surface area contributed by atoms with Crippen LogP contribution in [0.5, 0.6) is 0 Å². The Hall–Kier alpha value is -2.73. The van der Waals surface area contributed by atoms with Gasteiger partial charge in [-0.05, 0) is 49.2 Å². The second-order valence-electron chi connectivity index (χ2n) is 6.60. The van der Waals surface area contributed by atoms with E-state index in [0.717, 1.165) is 24.9 Å². The number of primary amides is 1. The monoisotopic (exact) mass is 355 g/mol. The van der Waals surface area contributed by atoms with Gasteiger partial charge in [-0.3, -0.25) is 14.5 Å². The lowest BCUT2D eigenvalue weighted by Crippen LogP contribution is -2.40. The van der Waals surface area contributed by atoms with Crippen molar-refractivity contribution in [2.75, 3.05) is 18.4 Å². The summed E-state index contributed by atoms with van der Waals surface area (Å²) in [5.41, 5.74) is 7.13. The minimum Gasteiger partial charge on any atom is -0.366 e. The van der Waals surface area contributed by atoms with Crippen molar-refractivity contribution in [1.82, 2.24) is 4.90 Å². The van der Waals surface area contributed by atoms with E-state index in [1.54, 1.807) is 36.4 Å². The second-order valence-corrected chi connectivity index (χ2v) is 6.60. The molecule has 0 aliphatic carbocycles. The van der Waals surface area contributed by atoms with Gasteiger partial charge in [0.2, 0.25) is 5.91 Å². The zero-order valence-corrected chi connectivity index (χ0v) is 14.5. The third-order valence-electron chi connectivity index (χ3n) is 4.65. The van der Waals surface area contributed by atoms with E-state index in [4.69, 9.17) is 5.73 Å². The van der Waals surface area contributed by atoms with Gasteiger partial charge in [-0.1, -0.05) is 24.3 Å². The first-order valence-corrected chi connectivity index (χ1v) is 8.69. The molecule has 5 nitrogen and oxygen atoms in total. The lowest BCUT2D eigenvalue weighted by molar-refractivity contribution is -0.121. The maximum Gasteiger partial charge on any atom is 0.250 e. The van der Waals surface area contributed by atoms with Crippen LogP contribution in [0.4, 0.5) is 10.1 Å². The zero-order chi connectivity index (χ0) is 18.5. The minimum absolute atomic E-state index is 0.109. The summed E-state index contributed by atoms with van der Waals surface area (Å²) in [6.07, 6.45) is 1.71. The van der Waals surface area contributed by atoms with E-state index >= 15 is 0 Å². The van der Waals surface area contributed by atoms with Crippen LogP contribution >= 0.6 is 0 Å². The molecule has 26 heavy (non-hydrogen) atoms. The van der Waals surface area contributed by atoms with Crippen LogP contribution in [-0.2, 0) is 11.3 Å². The summed E-state index contributed by atoms with van der Waals surface area (Å²) in [6.45, 7) is 2.21. The Kier molecular flexibility index (Phi) is 5.63. The highest BCUT2D eigenvalue weighted by Gasteiger charge is 2.26. The highest BCUT2D eigenvalue weighted by atomic mass is 19.1. The number of rotatable bonds is 5. The molecule has 1 saturated heterocycles. The van der Waals surface area contributed by atoms with Gasteiger partial charge in [-0.25, -0.2) is 4.39 Å². The SMILES string of the molecule is NC(=O)c1ccccc1NC(=O)[C@H]1CCCN(Cc2ccc(F)cc2)C1. The predicted octanol–water partition coefficient (Wildman–Crippen LogP) is 2.78. The summed E-state index contributed by atoms with van der Waals surface area (Å²) < 4.78 is 13.0. The number of nitrogens with two attached hydrogens (primary N) is 1. The maximum atomic E-state index is 13.0. The molecule has 2 aromatic carbocycles. The van der Waals surface area contributed by atoms with Gasteiger partial charge in [-0.15, -0.1) is 0 Å². The number of piperidine rings is 1. The van der Waals surface area contributed by atoms with Gasteiger partial charge in [0.1, 0.15) is 5.82 Å². The van der Waals surface area contributed by atoms with Crippen LogP contribution in [0.3, 0.4) is 0 Å². The van der Waals surface area contributed by atoms with Gasteiger partial charge in [0.05, 0.1) is 17.2 Å². The van der Waals surface area contributed by atoms with E-state index in [0.29, 0.717) is 24.3 Å². The number of carbonyl (C=O) groups excluding carboxylic acids is 2. The third kappa shape index (κ3) is 4.46. The average molecular weight is 355 g/mol. The molecule has 0 radical (unpaired) electrons. The van der Waals surface area contributed by atoms with E-state index < -0.39 is 5.91 Å². The maximum absolute atomic E-state index is 13.0. The lowest BCUT2D eigenvalue weighted by atomic mass is 9.96. The van der Waals surface area contributed by atoms with Crippen LogP contribution in [0.25, 0.3) is 0 Å². The summed E-state index contributed by atoms with van der Waals surface area (Å²) >= 11 is 0. The van der Waals surface area contributed by atoms with E-state index in [-0.39, 0.29) is 17.6 Å². The van der Waals surface area contributed by atoms with Gasteiger partial charge >= 0.3 is 0 Å². The van der Waals surface area contributed by atoms with Crippen molar-refractivity contribution in [3.05, 3.63) is 65.5 Å². The van der Waals surface area contributed by atoms with Crippen LogP contribution in [-0.4, -0.2) is 29.8 Å². The quantitative estimate of drug-likeness (QED) is 0.866. The van der Waals surface area contributed by atoms with Crippen molar-refractivity contribution >= 4 is 17.5 Å². The van der Waals surface area contributed by atoms with Crippen LogP contribution in [0.1, 0.15) is 28.8 Å². The number of nitrogens with one attached hydrogen (secondary N) is 1. The minimum atomic E-state index is -0.567. The molecule has 0 bridgehead atoms. The highest BCUT2D eigenvalue weighted by Crippen LogP contribution is 2.22. The molecule has 3 N–H and O–H groups in total. The van der Waals surface area contributed by atoms with Gasteiger partial charge in [0.15, 0.2) is 0 Å². The summed E-state index contributed by atoms with van der Waals surface area (Å²) in [5, 5.41) is 2.84. The Morgan fingerprint density at radius 1 is 1.15 bits per heavy atom. The van der Waals surface area contributed by atoms with E-state index in [9.17, 15) is 14.0 Å². The molecule has 1 atom stereocenters. The fraction of sp³-hybridized carbons (Fsp3) is 0.300. The molecule has 1 aliphatic rings. The van der Waals surface area contributed by atoms with Crippen molar-refractivity contribution < 1.29 is 14.0 Å². The number of halogens is 1. The Bertz CT molecular complexity index is 792. The Labute approximate surface area is 152 Å². The van der Waals surface area contributed by atoms with Gasteiger partial charge in [-0.2, -0.15) is 0 Å². The Morgan fingerprint density at radius 3 is 2.62 bits per heavy atom. The number of carbonyl (C=O) groups is 2. The average Bonchev–Trinajstić information content (AvgIpc) is 2.64. The van der Waals surface area contributed by atoms with Crippen molar-refractivity contribution in [2.45, 2.75) is 19.4 Å². The fourth-order valence-electron chi connectivity index (χ4n) is 3.30. The Balaban J connectivity index is 1.63. The van der Waals surface area contributed by atoms with Crippen molar-refractivity contribution in [1.29, 1.82) is 0 Å². The number of benzene rings is 2. The molecule has 1 heterocycles. The second kappa shape index (κ2) is 8.10. The van der Waals surface area contributed by atoms with Crippen molar-refractivity contribution in [3.8, 4) is 0 Å². The molecule has 3 rings (SSSR count). The third-order valence-corrected chi connectivity index (χ3v) is 4.65. The number of hydrogen-bond donors (Lipinski definition) is 2. The summed E-state index contributed by atoms with van der Waals surface area (Å²) in [6, 6.07) is 13.2. The van der Waals surface area contributed by atoms with Gasteiger partial charge in [0.25, 0.3) is 5.91 Å². The normalized spacial score (nSPS) is 17.7. The molecule has 1 fully saturated rings. The molecule has 0 spiro atoms. The first kappa shape index (κ1) is 18.1. The molecule has 2 aromatic rings. The fourth-order valence-corrected chi connectivity index (χ4v) is 3.30. The van der Waals surface area contributed by atoms with Crippen LogP contribution in [0.2, 0.25) is 0 Å². The van der Waals surface area contributed by atoms with E-state index in [2.05, 4.69) is 10.2 Å². The Morgan fingerprint density at radius 2 is 1.88 bits per heavy atom. The smallest absolute Gasteiger partial charge is 0.250 e. The largest absolute Gasteiger partial charge is 0.366 e. The number of likely N-dealkylation sites (tertiary alicyclic amines) is 1. The van der Waals surface area contributed by atoms with Crippen molar-refractivity contribution in [3.63, 3.8) is 0 Å². The molecule has 6 heteroatoms. The molecule has 1 aliphatic heterocycles. The van der Waals surface area contributed by atoms with Gasteiger partial charge < -0.3 is 11.1 Å². The molecular formula is C20H22FN3O2. The summed E-state index contributed by atoms with van der Waals surface area (Å²) in [4.78, 5) is 26.3. The number of anilines is 1. The number of nitrogens with zero attached hydrogens (tertiary/aromatic N) is 1. The highest BCUT2D eigenvalue weighted by molar-refractivity contribution is 6.03. The number of hydrogen-bond acceptors (Lipinski definition) is 3. The van der Waals surface area contributed by atoms with Gasteiger partial charge in [0, 0.05) is 13.1 Å².